The van der Waals surface area contributed by atoms with E-state index in [-0.39, 0.29) is 32.1 Å². The molecule has 0 radical (unpaired) electrons. The second kappa shape index (κ2) is 11.8. The Hall–Kier alpha value is -4.04. The first-order valence-corrected chi connectivity index (χ1v) is 12.1. The van der Waals surface area contributed by atoms with Crippen LogP contribution < -0.4 is 19.9 Å². The van der Waals surface area contributed by atoms with Gasteiger partial charge in [0.15, 0.2) is 5.92 Å². The average Bonchev–Trinajstić information content (AvgIpc) is 3.24. The third-order valence-electron chi connectivity index (χ3n) is 6.63. The number of nitrogens with two attached hydrogens (primary N) is 1. The van der Waals surface area contributed by atoms with E-state index >= 15 is 0 Å². The van der Waals surface area contributed by atoms with Crippen molar-refractivity contribution < 1.29 is 33.6 Å². The smallest absolute Gasteiger partial charge is 0.320 e. The molecule has 8 nitrogen and oxygen atoms in total. The van der Waals surface area contributed by atoms with E-state index in [2.05, 4.69) is 0 Å². The first-order chi connectivity index (χ1) is 18.0. The standard InChI is InChI=1S/C29H31NO7/c1-34-26-14-18(15-27(35-2)24(26)16-30)36-13-7-12-23(28(31)32)29(33)37-17-25-21-10-5-3-8-19(21)20-9-4-6-11-22(20)25/h3-6,8-11,14-15,23,25H,7,12-13,16-17,30H2,1-2H3,(H,31,32). The number of esters is 1. The molecule has 0 spiro atoms. The molecule has 0 saturated carbocycles. The number of carbonyl (C=O) groups excluding carboxylic acids is 1. The second-order valence-corrected chi connectivity index (χ2v) is 8.75. The van der Waals surface area contributed by atoms with Crippen LogP contribution in [-0.4, -0.2) is 44.5 Å². The van der Waals surface area contributed by atoms with Crippen molar-refractivity contribution in [3.63, 3.8) is 0 Å². The second-order valence-electron chi connectivity index (χ2n) is 8.75. The molecule has 194 valence electrons. The van der Waals surface area contributed by atoms with E-state index < -0.39 is 17.9 Å². The maximum atomic E-state index is 12.8. The van der Waals surface area contributed by atoms with Crippen molar-refractivity contribution in [1.82, 2.24) is 0 Å². The fourth-order valence-corrected chi connectivity index (χ4v) is 4.77. The van der Waals surface area contributed by atoms with Crippen molar-refractivity contribution in [2.45, 2.75) is 25.3 Å². The van der Waals surface area contributed by atoms with Crippen molar-refractivity contribution in [3.05, 3.63) is 77.4 Å². The summed E-state index contributed by atoms with van der Waals surface area (Å²) in [5, 5.41) is 9.68. The Balaban J connectivity index is 1.35. The summed E-state index contributed by atoms with van der Waals surface area (Å²) in [6.07, 6.45) is 0.422. The average molecular weight is 506 g/mol. The minimum Gasteiger partial charge on any atom is -0.496 e. The quantitative estimate of drug-likeness (QED) is 0.212. The zero-order valence-corrected chi connectivity index (χ0v) is 20.9. The van der Waals surface area contributed by atoms with Crippen LogP contribution in [-0.2, 0) is 20.9 Å². The molecule has 0 amide bonds. The molecular weight excluding hydrogens is 474 g/mol. The molecule has 1 aliphatic rings. The van der Waals surface area contributed by atoms with Crippen LogP contribution in [0, 0.1) is 5.92 Å². The van der Waals surface area contributed by atoms with Crippen LogP contribution in [0.3, 0.4) is 0 Å². The molecule has 1 aliphatic carbocycles. The van der Waals surface area contributed by atoms with Gasteiger partial charge in [-0.05, 0) is 35.1 Å². The van der Waals surface area contributed by atoms with Gasteiger partial charge in [-0.1, -0.05) is 48.5 Å². The van der Waals surface area contributed by atoms with Crippen molar-refractivity contribution in [2.75, 3.05) is 27.4 Å². The zero-order valence-electron chi connectivity index (χ0n) is 20.9. The first-order valence-electron chi connectivity index (χ1n) is 12.1. The van der Waals surface area contributed by atoms with E-state index in [9.17, 15) is 14.7 Å². The third kappa shape index (κ3) is 5.54. The van der Waals surface area contributed by atoms with Gasteiger partial charge in [-0.2, -0.15) is 0 Å². The number of ether oxygens (including phenoxy) is 4. The van der Waals surface area contributed by atoms with Gasteiger partial charge < -0.3 is 29.8 Å². The number of hydrogen-bond acceptors (Lipinski definition) is 7. The molecule has 4 rings (SSSR count). The van der Waals surface area contributed by atoms with Gasteiger partial charge in [-0.15, -0.1) is 0 Å². The van der Waals surface area contributed by atoms with Gasteiger partial charge in [0, 0.05) is 30.2 Å². The van der Waals surface area contributed by atoms with E-state index in [1.807, 2.05) is 48.5 Å². The van der Waals surface area contributed by atoms with Crippen molar-refractivity contribution in [1.29, 1.82) is 0 Å². The minimum absolute atomic E-state index is 0.0836. The molecule has 3 N–H and O–H groups in total. The summed E-state index contributed by atoms with van der Waals surface area (Å²) in [6.45, 7) is 0.530. The lowest BCUT2D eigenvalue weighted by atomic mass is 9.98. The van der Waals surface area contributed by atoms with Crippen molar-refractivity contribution >= 4 is 11.9 Å². The lowest BCUT2D eigenvalue weighted by molar-refractivity contribution is -0.159. The van der Waals surface area contributed by atoms with Crippen LogP contribution >= 0.6 is 0 Å². The Labute approximate surface area is 215 Å². The maximum Gasteiger partial charge on any atom is 0.320 e. The number of aliphatic carboxylic acids is 1. The molecule has 0 aliphatic heterocycles. The molecule has 0 fully saturated rings. The molecule has 1 atom stereocenters. The van der Waals surface area contributed by atoms with Crippen molar-refractivity contribution in [2.24, 2.45) is 11.7 Å². The van der Waals surface area contributed by atoms with E-state index in [1.165, 1.54) is 14.2 Å². The van der Waals surface area contributed by atoms with Gasteiger partial charge in [-0.3, -0.25) is 9.59 Å². The summed E-state index contributed by atoms with van der Waals surface area (Å²) in [6, 6.07) is 19.4. The van der Waals surface area contributed by atoms with Gasteiger partial charge in [0.2, 0.25) is 0 Å². The van der Waals surface area contributed by atoms with Crippen LogP contribution in [0.1, 0.15) is 35.4 Å². The van der Waals surface area contributed by atoms with Crippen LogP contribution in [0.5, 0.6) is 17.2 Å². The van der Waals surface area contributed by atoms with Gasteiger partial charge in [0.25, 0.3) is 0 Å². The highest BCUT2D eigenvalue weighted by atomic mass is 16.5. The Bertz CT molecular complexity index is 1200. The number of methoxy groups -OCH3 is 2. The lowest BCUT2D eigenvalue weighted by Crippen LogP contribution is -2.27. The van der Waals surface area contributed by atoms with Crippen LogP contribution in [0.2, 0.25) is 0 Å². The number of hydrogen-bond donors (Lipinski definition) is 2. The van der Waals surface area contributed by atoms with Crippen LogP contribution in [0.25, 0.3) is 11.1 Å². The summed E-state index contributed by atoms with van der Waals surface area (Å²) < 4.78 is 22.1. The number of benzene rings is 3. The molecule has 3 aromatic rings. The Morgan fingerprint density at radius 2 is 1.51 bits per heavy atom. The minimum atomic E-state index is -1.28. The van der Waals surface area contributed by atoms with E-state index in [1.54, 1.807) is 12.1 Å². The molecular formula is C29H31NO7. The molecule has 0 heterocycles. The Morgan fingerprint density at radius 3 is 2.03 bits per heavy atom. The fourth-order valence-electron chi connectivity index (χ4n) is 4.77. The summed E-state index contributed by atoms with van der Waals surface area (Å²) in [7, 11) is 3.06. The summed E-state index contributed by atoms with van der Waals surface area (Å²) in [4.78, 5) is 24.6. The summed E-state index contributed by atoms with van der Waals surface area (Å²) >= 11 is 0. The number of fused-ring (bicyclic) bond motifs is 3. The highest BCUT2D eigenvalue weighted by Crippen LogP contribution is 2.44. The highest BCUT2D eigenvalue weighted by molar-refractivity contribution is 5.94. The fraction of sp³-hybridized carbons (Fsp3) is 0.310. The molecule has 0 saturated heterocycles. The molecule has 0 aromatic heterocycles. The van der Waals surface area contributed by atoms with Crippen LogP contribution in [0.15, 0.2) is 60.7 Å². The normalized spacial score (nSPS) is 12.8. The SMILES string of the molecule is COc1cc(OCCCC(C(=O)O)C(=O)OCC2c3ccccc3-c3ccccc32)cc(OC)c1CN. The van der Waals surface area contributed by atoms with E-state index in [4.69, 9.17) is 24.7 Å². The topological polar surface area (TPSA) is 117 Å². The van der Waals surface area contributed by atoms with E-state index in [0.717, 1.165) is 27.8 Å². The molecule has 0 bridgehead atoms. The zero-order chi connectivity index (χ0) is 26.4. The largest absolute Gasteiger partial charge is 0.496 e. The molecule has 3 aromatic carbocycles. The first kappa shape index (κ1) is 26.0. The van der Waals surface area contributed by atoms with Gasteiger partial charge >= 0.3 is 11.9 Å². The summed E-state index contributed by atoms with van der Waals surface area (Å²) in [5.74, 6) is -1.79. The molecule has 8 heteroatoms. The van der Waals surface area contributed by atoms with Gasteiger partial charge in [-0.25, -0.2) is 0 Å². The molecule has 1 unspecified atom stereocenters. The lowest BCUT2D eigenvalue weighted by Gasteiger charge is -2.17. The number of rotatable bonds is 12. The highest BCUT2D eigenvalue weighted by Gasteiger charge is 2.32. The van der Waals surface area contributed by atoms with Crippen molar-refractivity contribution in [3.8, 4) is 28.4 Å². The summed E-state index contributed by atoms with van der Waals surface area (Å²) in [5.41, 5.74) is 10.9. The monoisotopic (exact) mass is 505 g/mol. The number of carboxylic acid groups (broad SMARTS) is 1. The van der Waals surface area contributed by atoms with E-state index in [0.29, 0.717) is 23.7 Å². The number of carbonyl (C=O) groups is 2. The van der Waals surface area contributed by atoms with Gasteiger partial charge in [0.05, 0.1) is 20.8 Å². The number of carboxylic acids is 1. The van der Waals surface area contributed by atoms with Crippen LogP contribution in [0.4, 0.5) is 0 Å². The van der Waals surface area contributed by atoms with Gasteiger partial charge in [0.1, 0.15) is 23.9 Å². The Morgan fingerprint density at radius 1 is 0.946 bits per heavy atom. The predicted molar refractivity (Wildman–Crippen MR) is 138 cm³/mol. The molecule has 37 heavy (non-hydrogen) atoms. The maximum absolute atomic E-state index is 12.8. The third-order valence-corrected chi connectivity index (χ3v) is 6.63. The Kier molecular flexibility index (Phi) is 8.30. The predicted octanol–water partition coefficient (Wildman–Crippen LogP) is 4.38.